The van der Waals surface area contributed by atoms with Crippen molar-refractivity contribution in [2.75, 3.05) is 33.0 Å². The van der Waals surface area contributed by atoms with Gasteiger partial charge in [-0.15, -0.1) is 0 Å². The Morgan fingerprint density at radius 3 is 2.30 bits per heavy atom. The van der Waals surface area contributed by atoms with Crippen LogP contribution in [0.25, 0.3) is 0 Å². The Kier molecular flexibility index (Phi) is 8.52. The van der Waals surface area contributed by atoms with Crippen LogP contribution in [-0.2, 0) is 14.6 Å². The molecule has 164 valence electrons. The van der Waals surface area contributed by atoms with Gasteiger partial charge in [0, 0.05) is 31.2 Å². The Labute approximate surface area is 182 Å². The molecule has 2 aromatic rings. The van der Waals surface area contributed by atoms with Gasteiger partial charge in [0.05, 0.1) is 15.7 Å². The lowest BCUT2D eigenvalue weighted by Gasteiger charge is -2.14. The maximum atomic E-state index is 12.0. The van der Waals surface area contributed by atoms with E-state index in [1.54, 1.807) is 32.0 Å². The molecule has 7 nitrogen and oxygen atoms in total. The zero-order valence-corrected chi connectivity index (χ0v) is 19.0. The summed E-state index contributed by atoms with van der Waals surface area (Å²) in [6.45, 7) is 4.40. The molecule has 2 rings (SSSR count). The van der Waals surface area contributed by atoms with Crippen LogP contribution in [0, 0.1) is 0 Å². The molecule has 0 atom stereocenters. The minimum absolute atomic E-state index is 0.0258. The molecule has 0 radical (unpaired) electrons. The predicted octanol–water partition coefficient (Wildman–Crippen LogP) is 4.18. The van der Waals surface area contributed by atoms with Crippen molar-refractivity contribution in [3.05, 3.63) is 41.4 Å². The molecule has 0 aliphatic rings. The highest BCUT2D eigenvalue weighted by molar-refractivity contribution is 7.91. The Bertz CT molecular complexity index is 991. The Balaban J connectivity index is 2.30. The van der Waals surface area contributed by atoms with E-state index in [1.165, 1.54) is 18.2 Å². The summed E-state index contributed by atoms with van der Waals surface area (Å²) >= 11 is 6.24. The van der Waals surface area contributed by atoms with Crippen molar-refractivity contribution in [1.29, 1.82) is 0 Å². The van der Waals surface area contributed by atoms with Gasteiger partial charge < -0.3 is 19.1 Å². The minimum Gasteiger partial charge on any atom is -0.492 e. The average molecular weight is 456 g/mol. The molecule has 0 unspecified atom stereocenters. The second-order valence-electron chi connectivity index (χ2n) is 6.72. The van der Waals surface area contributed by atoms with Crippen LogP contribution in [0.5, 0.6) is 23.0 Å². The number of nitrogens with zero attached hydrogens (tertiary/aromatic N) is 1. The number of hydrogen-bond acceptors (Lipinski definition) is 7. The second kappa shape index (κ2) is 10.7. The molecule has 0 aromatic heterocycles. The molecule has 0 saturated heterocycles. The van der Waals surface area contributed by atoms with Gasteiger partial charge in [0.25, 0.3) is 0 Å². The van der Waals surface area contributed by atoms with Crippen LogP contribution in [0.15, 0.2) is 41.3 Å². The first-order valence-corrected chi connectivity index (χ1v) is 11.5. The molecule has 0 spiro atoms. The van der Waals surface area contributed by atoms with E-state index in [4.69, 9.17) is 25.8 Å². The number of esters is 1. The monoisotopic (exact) mass is 455 g/mol. The predicted molar refractivity (Wildman–Crippen MR) is 116 cm³/mol. The number of sulfone groups is 1. The van der Waals surface area contributed by atoms with E-state index in [1.807, 2.05) is 19.0 Å². The van der Waals surface area contributed by atoms with Crippen LogP contribution in [-0.4, -0.2) is 52.3 Å². The van der Waals surface area contributed by atoms with E-state index in [9.17, 15) is 13.2 Å². The number of carbonyl (C=O) groups is 1. The lowest BCUT2D eigenvalue weighted by Crippen LogP contribution is -2.19. The highest BCUT2D eigenvalue weighted by Gasteiger charge is 2.15. The molecular formula is C21H26ClNO6S. The van der Waals surface area contributed by atoms with E-state index in [-0.39, 0.29) is 33.6 Å². The van der Waals surface area contributed by atoms with Crippen LogP contribution in [0.3, 0.4) is 0 Å². The third-order valence-electron chi connectivity index (χ3n) is 4.05. The van der Waals surface area contributed by atoms with Gasteiger partial charge in [0.2, 0.25) is 0 Å². The number of rotatable bonds is 10. The van der Waals surface area contributed by atoms with Gasteiger partial charge in [0.15, 0.2) is 9.84 Å². The minimum atomic E-state index is -3.38. The first-order valence-electron chi connectivity index (χ1n) is 9.48. The molecular weight excluding hydrogens is 430 g/mol. The third kappa shape index (κ3) is 6.90. The van der Waals surface area contributed by atoms with Crippen molar-refractivity contribution in [3.8, 4) is 23.0 Å². The van der Waals surface area contributed by atoms with Crippen molar-refractivity contribution in [2.24, 2.45) is 0 Å². The van der Waals surface area contributed by atoms with Gasteiger partial charge in [-0.25, -0.2) is 8.42 Å². The summed E-state index contributed by atoms with van der Waals surface area (Å²) in [6.07, 6.45) is 0.223. The van der Waals surface area contributed by atoms with Crippen molar-refractivity contribution >= 4 is 27.4 Å². The fourth-order valence-electron chi connectivity index (χ4n) is 2.35. The molecule has 9 heteroatoms. The van der Waals surface area contributed by atoms with Gasteiger partial charge >= 0.3 is 5.97 Å². The van der Waals surface area contributed by atoms with Crippen molar-refractivity contribution in [2.45, 2.75) is 25.2 Å². The Morgan fingerprint density at radius 1 is 1.03 bits per heavy atom. The summed E-state index contributed by atoms with van der Waals surface area (Å²) in [5.74, 6) is 0.935. The zero-order valence-electron chi connectivity index (χ0n) is 17.5. The lowest BCUT2D eigenvalue weighted by molar-refractivity contribution is -0.134. The Hall–Kier alpha value is -2.29. The maximum Gasteiger partial charge on any atom is 0.310 e. The highest BCUT2D eigenvalue weighted by Crippen LogP contribution is 2.35. The van der Waals surface area contributed by atoms with E-state index in [0.717, 1.165) is 0 Å². The molecule has 0 amide bonds. The van der Waals surface area contributed by atoms with Crippen LogP contribution in [0.4, 0.5) is 0 Å². The second-order valence-corrected chi connectivity index (χ2v) is 9.40. The van der Waals surface area contributed by atoms with Gasteiger partial charge in [0.1, 0.15) is 29.6 Å². The summed E-state index contributed by atoms with van der Waals surface area (Å²) in [7, 11) is 0.486. The van der Waals surface area contributed by atoms with E-state index >= 15 is 0 Å². The number of hydrogen-bond donors (Lipinski definition) is 0. The largest absolute Gasteiger partial charge is 0.492 e. The van der Waals surface area contributed by atoms with Crippen molar-refractivity contribution < 1.29 is 27.4 Å². The van der Waals surface area contributed by atoms with Crippen LogP contribution < -0.4 is 14.2 Å². The number of carbonyl (C=O) groups excluding carboxylic acids is 1. The maximum absolute atomic E-state index is 12.0. The number of benzene rings is 2. The molecule has 0 aliphatic carbocycles. The highest BCUT2D eigenvalue weighted by atomic mass is 35.5. The third-order valence-corrected chi connectivity index (χ3v) is 6.08. The molecule has 0 aliphatic heterocycles. The standard InChI is InChI=1S/C21H26ClNO6S/c1-5-21(24)29-17-12-15(27-10-9-23(3)4)11-16(13-17)28-20-8-7-18(14-19(20)22)30(25,26)6-2/h7-8,11-14H,5-6,9-10H2,1-4H3. The summed E-state index contributed by atoms with van der Waals surface area (Å²) in [6, 6.07) is 9.07. The first kappa shape index (κ1) is 24.0. The van der Waals surface area contributed by atoms with E-state index in [0.29, 0.717) is 24.7 Å². The first-order chi connectivity index (χ1) is 14.1. The van der Waals surface area contributed by atoms with Crippen LogP contribution >= 0.6 is 11.6 Å². The van der Waals surface area contributed by atoms with Gasteiger partial charge in [-0.1, -0.05) is 25.4 Å². The van der Waals surface area contributed by atoms with E-state index in [2.05, 4.69) is 0 Å². The van der Waals surface area contributed by atoms with Crippen molar-refractivity contribution in [3.63, 3.8) is 0 Å². The summed E-state index contributed by atoms with van der Waals surface area (Å²) in [5, 5.41) is 0.149. The Morgan fingerprint density at radius 2 is 1.70 bits per heavy atom. The summed E-state index contributed by atoms with van der Waals surface area (Å²) in [4.78, 5) is 13.8. The SMILES string of the molecule is CCC(=O)Oc1cc(OCCN(C)C)cc(Oc2ccc(S(=O)(=O)CC)cc2Cl)c1. The van der Waals surface area contributed by atoms with Crippen LogP contribution in [0.2, 0.25) is 5.02 Å². The fourth-order valence-corrected chi connectivity index (χ4v) is 3.54. The van der Waals surface area contributed by atoms with Crippen LogP contribution in [0.1, 0.15) is 20.3 Å². The lowest BCUT2D eigenvalue weighted by atomic mass is 10.3. The molecule has 30 heavy (non-hydrogen) atoms. The van der Waals surface area contributed by atoms with Crippen molar-refractivity contribution in [1.82, 2.24) is 4.90 Å². The molecule has 0 heterocycles. The average Bonchev–Trinajstić information content (AvgIpc) is 2.69. The van der Waals surface area contributed by atoms with Gasteiger partial charge in [-0.2, -0.15) is 0 Å². The zero-order chi connectivity index (χ0) is 22.3. The topological polar surface area (TPSA) is 82.1 Å². The van der Waals surface area contributed by atoms with Gasteiger partial charge in [-0.05, 0) is 32.3 Å². The molecule has 0 fully saturated rings. The molecule has 0 bridgehead atoms. The summed E-state index contributed by atoms with van der Waals surface area (Å²) in [5.41, 5.74) is 0. The number of ether oxygens (including phenoxy) is 3. The van der Waals surface area contributed by atoms with Gasteiger partial charge in [-0.3, -0.25) is 4.79 Å². The quantitative estimate of drug-likeness (QED) is 0.392. The molecule has 0 N–H and O–H groups in total. The summed E-state index contributed by atoms with van der Waals surface area (Å²) < 4.78 is 40.9. The molecule has 2 aromatic carbocycles. The number of likely N-dealkylation sites (N-methyl/N-ethyl adjacent to an activating group) is 1. The smallest absolute Gasteiger partial charge is 0.310 e. The fraction of sp³-hybridized carbons (Fsp3) is 0.381. The number of halogens is 1. The normalized spacial score (nSPS) is 11.4. The van der Waals surface area contributed by atoms with E-state index < -0.39 is 15.8 Å². The molecule has 0 saturated carbocycles.